The lowest BCUT2D eigenvalue weighted by Crippen LogP contribution is -2.33. The summed E-state index contributed by atoms with van der Waals surface area (Å²) in [7, 11) is -2.27. The summed E-state index contributed by atoms with van der Waals surface area (Å²) in [6.07, 6.45) is 3.13. The quantitative estimate of drug-likeness (QED) is 0.712. The van der Waals surface area contributed by atoms with E-state index in [1.54, 1.807) is 13.1 Å². The molecule has 0 spiro atoms. The average Bonchev–Trinajstić information content (AvgIpc) is 2.69. The number of hydrogen-bond donors (Lipinski definition) is 1. The summed E-state index contributed by atoms with van der Waals surface area (Å²) < 4.78 is 29.1. The number of aromatic amines is 1. The minimum atomic E-state index is -3.66. The molecule has 1 rings (SSSR count). The molecule has 1 heterocycles. The van der Waals surface area contributed by atoms with Crippen molar-refractivity contribution in [3.8, 4) is 0 Å². The van der Waals surface area contributed by atoms with Crippen molar-refractivity contribution in [1.29, 1.82) is 0 Å². The third kappa shape index (κ3) is 4.16. The number of nitrogens with zero attached hydrogens (tertiary/aromatic N) is 2. The molecule has 1 aromatic heterocycles. The van der Waals surface area contributed by atoms with Crippen molar-refractivity contribution in [1.82, 2.24) is 14.3 Å². The third-order valence-corrected chi connectivity index (χ3v) is 3.69. The van der Waals surface area contributed by atoms with Crippen molar-refractivity contribution in [2.45, 2.75) is 13.5 Å². The van der Waals surface area contributed by atoms with Crippen LogP contribution in [0.2, 0.25) is 0 Å². The molecule has 96 valence electrons. The Bertz CT molecular complexity index is 455. The normalized spacial score (nSPS) is 11.7. The van der Waals surface area contributed by atoms with Gasteiger partial charge in [-0.3, -0.25) is 4.79 Å². The van der Waals surface area contributed by atoms with Crippen molar-refractivity contribution in [2.24, 2.45) is 0 Å². The fourth-order valence-corrected chi connectivity index (χ4v) is 2.08. The molecule has 0 unspecified atom stereocenters. The highest BCUT2D eigenvalue weighted by atomic mass is 32.2. The Morgan fingerprint density at radius 1 is 1.59 bits per heavy atom. The largest absolute Gasteiger partial charge is 0.465 e. The van der Waals surface area contributed by atoms with Crippen LogP contribution in [0.4, 0.5) is 0 Å². The van der Waals surface area contributed by atoms with Crippen LogP contribution in [0.25, 0.3) is 0 Å². The second-order valence-corrected chi connectivity index (χ2v) is 5.43. The molecule has 8 heteroatoms. The number of carbonyl (C=O) groups is 1. The van der Waals surface area contributed by atoms with Crippen LogP contribution in [0.15, 0.2) is 12.4 Å². The number of nitrogens with one attached hydrogen (secondary N) is 1. The Morgan fingerprint density at radius 2 is 2.29 bits per heavy atom. The molecule has 0 saturated heterocycles. The summed E-state index contributed by atoms with van der Waals surface area (Å²) in [4.78, 5) is 17.8. The average molecular weight is 261 g/mol. The minimum absolute atomic E-state index is 0.0920. The van der Waals surface area contributed by atoms with Crippen molar-refractivity contribution in [2.75, 3.05) is 19.4 Å². The topological polar surface area (TPSA) is 92.4 Å². The molecule has 7 nitrogen and oxygen atoms in total. The lowest BCUT2D eigenvalue weighted by atomic mass is 10.6. The molecule has 17 heavy (non-hydrogen) atoms. The predicted molar refractivity (Wildman–Crippen MR) is 60.5 cm³/mol. The van der Waals surface area contributed by atoms with Gasteiger partial charge in [-0.2, -0.15) is 4.31 Å². The zero-order chi connectivity index (χ0) is 12.9. The van der Waals surface area contributed by atoms with E-state index in [2.05, 4.69) is 14.7 Å². The first kappa shape index (κ1) is 13.7. The lowest BCUT2D eigenvalue weighted by Gasteiger charge is -2.15. The smallest absolute Gasteiger partial charge is 0.322 e. The summed E-state index contributed by atoms with van der Waals surface area (Å²) >= 11 is 0. The zero-order valence-electron chi connectivity index (χ0n) is 9.71. The third-order valence-electron chi connectivity index (χ3n) is 2.01. The van der Waals surface area contributed by atoms with Gasteiger partial charge in [0.15, 0.2) is 5.75 Å². The standard InChI is InChI=1S/C9H15N3O4S/c1-3-16-9(13)7-17(14,15)12(2)6-8-10-4-5-11-8/h4-5H,3,6-7H2,1-2H3,(H,10,11). The van der Waals surface area contributed by atoms with Crippen molar-refractivity contribution in [3.05, 3.63) is 18.2 Å². The van der Waals surface area contributed by atoms with Crippen LogP contribution in [0.3, 0.4) is 0 Å². The Labute approximate surface area is 99.8 Å². The molecular formula is C9H15N3O4S. The van der Waals surface area contributed by atoms with Gasteiger partial charge in [0.2, 0.25) is 10.0 Å². The maximum atomic E-state index is 11.7. The summed E-state index contributed by atoms with van der Waals surface area (Å²) in [6.45, 7) is 1.88. The van der Waals surface area contributed by atoms with E-state index in [0.29, 0.717) is 5.82 Å². The predicted octanol–water partition coefficient (Wildman–Crippen LogP) is -0.266. The Morgan fingerprint density at radius 3 is 2.82 bits per heavy atom. The number of H-pyrrole nitrogens is 1. The van der Waals surface area contributed by atoms with Crippen LogP contribution in [0.5, 0.6) is 0 Å². The fraction of sp³-hybridized carbons (Fsp3) is 0.556. The van der Waals surface area contributed by atoms with E-state index < -0.39 is 21.7 Å². The van der Waals surface area contributed by atoms with Crippen LogP contribution in [-0.4, -0.2) is 48.1 Å². The number of rotatable bonds is 6. The summed E-state index contributed by atoms with van der Waals surface area (Å²) in [5.41, 5.74) is 0. The number of carbonyl (C=O) groups excluding carboxylic acids is 1. The highest BCUT2D eigenvalue weighted by molar-refractivity contribution is 7.89. The number of ether oxygens (including phenoxy) is 1. The van der Waals surface area contributed by atoms with Gasteiger partial charge in [0, 0.05) is 19.4 Å². The minimum Gasteiger partial charge on any atom is -0.465 e. The summed E-state index contributed by atoms with van der Waals surface area (Å²) in [6, 6.07) is 0. The van der Waals surface area contributed by atoms with E-state index in [4.69, 9.17) is 0 Å². The molecule has 0 aliphatic heterocycles. The highest BCUT2D eigenvalue weighted by Crippen LogP contribution is 2.04. The molecule has 0 aliphatic rings. The number of esters is 1. The Balaban J connectivity index is 2.60. The van der Waals surface area contributed by atoms with E-state index in [0.717, 1.165) is 4.31 Å². The van der Waals surface area contributed by atoms with Crippen LogP contribution in [0.1, 0.15) is 12.7 Å². The van der Waals surface area contributed by atoms with Gasteiger partial charge in [0.1, 0.15) is 5.82 Å². The zero-order valence-corrected chi connectivity index (χ0v) is 10.5. The van der Waals surface area contributed by atoms with Gasteiger partial charge in [0.05, 0.1) is 13.2 Å². The second kappa shape index (κ2) is 5.78. The van der Waals surface area contributed by atoms with Gasteiger partial charge in [-0.15, -0.1) is 0 Å². The van der Waals surface area contributed by atoms with Gasteiger partial charge in [-0.05, 0) is 6.92 Å². The molecule has 0 radical (unpaired) electrons. The number of imidazole rings is 1. The van der Waals surface area contributed by atoms with E-state index >= 15 is 0 Å². The van der Waals surface area contributed by atoms with Crippen LogP contribution in [-0.2, 0) is 26.1 Å². The molecule has 0 fully saturated rings. The van der Waals surface area contributed by atoms with Crippen molar-refractivity contribution in [3.63, 3.8) is 0 Å². The summed E-state index contributed by atoms with van der Waals surface area (Å²) in [5, 5.41) is 0. The second-order valence-electron chi connectivity index (χ2n) is 3.35. The monoisotopic (exact) mass is 261 g/mol. The molecule has 0 amide bonds. The molecule has 0 atom stereocenters. The molecule has 1 aromatic rings. The van der Waals surface area contributed by atoms with Crippen molar-refractivity contribution >= 4 is 16.0 Å². The SMILES string of the molecule is CCOC(=O)CS(=O)(=O)N(C)Cc1ncc[nH]1. The van der Waals surface area contributed by atoms with Gasteiger partial charge >= 0.3 is 5.97 Å². The maximum Gasteiger partial charge on any atom is 0.322 e. The first-order chi connectivity index (χ1) is 7.95. The van der Waals surface area contributed by atoms with Gasteiger partial charge < -0.3 is 9.72 Å². The fourth-order valence-electron chi connectivity index (χ4n) is 1.16. The molecule has 0 bridgehead atoms. The first-order valence-corrected chi connectivity index (χ1v) is 6.64. The molecule has 0 aliphatic carbocycles. The lowest BCUT2D eigenvalue weighted by molar-refractivity contribution is -0.140. The molecule has 0 aromatic carbocycles. The number of aromatic nitrogens is 2. The number of hydrogen-bond acceptors (Lipinski definition) is 5. The van der Waals surface area contributed by atoms with E-state index in [1.807, 2.05) is 0 Å². The van der Waals surface area contributed by atoms with Gasteiger partial charge in [0.25, 0.3) is 0 Å². The summed E-state index contributed by atoms with van der Waals surface area (Å²) in [5.74, 6) is -0.892. The molecule has 0 saturated carbocycles. The number of sulfonamides is 1. The van der Waals surface area contributed by atoms with Gasteiger partial charge in [-0.1, -0.05) is 0 Å². The molecular weight excluding hydrogens is 246 g/mol. The maximum absolute atomic E-state index is 11.7. The molecule has 1 N–H and O–H groups in total. The van der Waals surface area contributed by atoms with Crippen LogP contribution in [0, 0.1) is 0 Å². The van der Waals surface area contributed by atoms with E-state index in [1.165, 1.54) is 13.2 Å². The van der Waals surface area contributed by atoms with E-state index in [9.17, 15) is 13.2 Å². The van der Waals surface area contributed by atoms with Crippen LogP contribution >= 0.6 is 0 Å². The van der Waals surface area contributed by atoms with Crippen molar-refractivity contribution < 1.29 is 17.9 Å². The Kier molecular flexibility index (Phi) is 4.64. The first-order valence-electron chi connectivity index (χ1n) is 5.03. The van der Waals surface area contributed by atoms with Gasteiger partial charge in [-0.25, -0.2) is 13.4 Å². The highest BCUT2D eigenvalue weighted by Gasteiger charge is 2.23. The van der Waals surface area contributed by atoms with E-state index in [-0.39, 0.29) is 13.2 Å². The van der Waals surface area contributed by atoms with Crippen LogP contribution < -0.4 is 0 Å². The Hall–Kier alpha value is -1.41.